The molecule has 1 aromatic heterocycles. The summed E-state index contributed by atoms with van der Waals surface area (Å²) in [5.74, 6) is -1.55. The second kappa shape index (κ2) is 11.1. The number of amides is 2. The van der Waals surface area contributed by atoms with E-state index in [4.69, 9.17) is 37.4 Å². The zero-order valence-electron chi connectivity index (χ0n) is 17.8. The van der Waals surface area contributed by atoms with Crippen molar-refractivity contribution in [3.8, 4) is 0 Å². The maximum atomic E-state index is 12.6. The highest BCUT2D eigenvalue weighted by molar-refractivity contribution is 6.36. The van der Waals surface area contributed by atoms with Crippen molar-refractivity contribution in [2.75, 3.05) is 26.3 Å². The molecule has 0 bridgehead atoms. The van der Waals surface area contributed by atoms with Gasteiger partial charge in [-0.25, -0.2) is 4.98 Å². The van der Waals surface area contributed by atoms with Gasteiger partial charge in [0.05, 0.1) is 23.8 Å². The van der Waals surface area contributed by atoms with Gasteiger partial charge in [0.1, 0.15) is 17.4 Å². The summed E-state index contributed by atoms with van der Waals surface area (Å²) in [5, 5.41) is 6.04. The first-order valence-corrected chi connectivity index (χ1v) is 10.9. The maximum Gasteiger partial charge on any atom is 0.254 e. The maximum absolute atomic E-state index is 12.6. The van der Waals surface area contributed by atoms with Crippen LogP contribution in [0, 0.1) is 0 Å². The van der Waals surface area contributed by atoms with Crippen molar-refractivity contribution in [3.63, 3.8) is 0 Å². The summed E-state index contributed by atoms with van der Waals surface area (Å²) >= 11 is 11.9. The van der Waals surface area contributed by atoms with Crippen molar-refractivity contribution < 1.29 is 23.8 Å². The largest absolute Gasteiger partial charge is 0.371 e. The lowest BCUT2D eigenvalue weighted by Crippen LogP contribution is -2.52. The van der Waals surface area contributed by atoms with Crippen LogP contribution in [0.1, 0.15) is 34.6 Å². The predicted molar refractivity (Wildman–Crippen MR) is 120 cm³/mol. The van der Waals surface area contributed by atoms with E-state index in [9.17, 15) is 9.59 Å². The van der Waals surface area contributed by atoms with Gasteiger partial charge in [0.25, 0.3) is 11.8 Å². The molecule has 0 aliphatic carbocycles. The standard InChI is InChI=1S/C22H25Cl2N3O5/c1-22(2)31-9-8-30-17(12-27-21(29)15-11-25-19(24)10-16(15)23)18(32-22)13-26-20(28)14-6-4-3-5-7-14/h3-7,10-11,17-18H,8-9,12-13H2,1-2H3,(H,26,28)(H,27,29)/t17-,18+/m1/s1. The number of pyridine rings is 1. The zero-order chi connectivity index (χ0) is 23.1. The van der Waals surface area contributed by atoms with Crippen molar-refractivity contribution in [1.82, 2.24) is 15.6 Å². The van der Waals surface area contributed by atoms with E-state index in [-0.39, 0.29) is 34.7 Å². The average molecular weight is 482 g/mol. The van der Waals surface area contributed by atoms with Gasteiger partial charge >= 0.3 is 0 Å². The number of rotatable bonds is 6. The lowest BCUT2D eigenvalue weighted by Gasteiger charge is -2.37. The molecule has 2 amide bonds. The van der Waals surface area contributed by atoms with E-state index in [1.54, 1.807) is 38.1 Å². The van der Waals surface area contributed by atoms with Gasteiger partial charge in [-0.15, -0.1) is 0 Å². The third-order valence-corrected chi connectivity index (χ3v) is 5.26. The van der Waals surface area contributed by atoms with E-state index >= 15 is 0 Å². The summed E-state index contributed by atoms with van der Waals surface area (Å²) in [6, 6.07) is 10.3. The van der Waals surface area contributed by atoms with Gasteiger partial charge in [0, 0.05) is 24.8 Å². The molecule has 32 heavy (non-hydrogen) atoms. The van der Waals surface area contributed by atoms with E-state index < -0.39 is 23.9 Å². The molecule has 0 radical (unpaired) electrons. The molecule has 1 saturated heterocycles. The molecule has 2 N–H and O–H groups in total. The normalized spacial score (nSPS) is 20.6. The summed E-state index contributed by atoms with van der Waals surface area (Å²) in [5.41, 5.74) is 0.727. The Bertz CT molecular complexity index is 942. The lowest BCUT2D eigenvalue weighted by molar-refractivity contribution is -0.277. The molecule has 2 atom stereocenters. The number of carbonyl (C=O) groups is 2. The SMILES string of the molecule is CC1(C)OCCO[C@H](CNC(=O)c2cnc(Cl)cc2Cl)[C@H](CNC(=O)c2ccccc2)O1. The minimum absolute atomic E-state index is 0.125. The minimum Gasteiger partial charge on any atom is -0.371 e. The Labute approximate surface area is 196 Å². The first-order valence-electron chi connectivity index (χ1n) is 10.1. The smallest absolute Gasteiger partial charge is 0.254 e. The van der Waals surface area contributed by atoms with E-state index in [0.717, 1.165) is 0 Å². The quantitative estimate of drug-likeness (QED) is 0.615. The van der Waals surface area contributed by atoms with Crippen LogP contribution in [0.4, 0.5) is 0 Å². The minimum atomic E-state index is -0.891. The first kappa shape index (κ1) is 24.4. The van der Waals surface area contributed by atoms with Crippen molar-refractivity contribution in [2.24, 2.45) is 0 Å². The fourth-order valence-corrected chi connectivity index (χ4v) is 3.63. The molecule has 0 spiro atoms. The van der Waals surface area contributed by atoms with Crippen LogP contribution in [0.25, 0.3) is 0 Å². The van der Waals surface area contributed by atoms with Crippen LogP contribution in [0.3, 0.4) is 0 Å². The Morgan fingerprint density at radius 2 is 1.75 bits per heavy atom. The van der Waals surface area contributed by atoms with E-state index in [0.29, 0.717) is 18.8 Å². The van der Waals surface area contributed by atoms with Gasteiger partial charge in [0.15, 0.2) is 5.79 Å². The van der Waals surface area contributed by atoms with Crippen molar-refractivity contribution in [2.45, 2.75) is 31.8 Å². The van der Waals surface area contributed by atoms with Crippen LogP contribution in [0.2, 0.25) is 10.2 Å². The number of nitrogens with one attached hydrogen (secondary N) is 2. The summed E-state index contributed by atoms with van der Waals surface area (Å²) in [6.07, 6.45) is 0.179. The van der Waals surface area contributed by atoms with Crippen molar-refractivity contribution in [1.29, 1.82) is 0 Å². The van der Waals surface area contributed by atoms with Gasteiger partial charge in [0.2, 0.25) is 0 Å². The Kier molecular flexibility index (Phi) is 8.44. The summed E-state index contributed by atoms with van der Waals surface area (Å²) in [6.45, 7) is 4.50. The number of nitrogens with zero attached hydrogens (tertiary/aromatic N) is 1. The van der Waals surface area contributed by atoms with Crippen LogP contribution in [-0.2, 0) is 14.2 Å². The van der Waals surface area contributed by atoms with Crippen LogP contribution < -0.4 is 10.6 Å². The highest BCUT2D eigenvalue weighted by atomic mass is 35.5. The van der Waals surface area contributed by atoms with Crippen molar-refractivity contribution in [3.05, 3.63) is 63.9 Å². The lowest BCUT2D eigenvalue weighted by atomic mass is 10.1. The molecule has 1 aliphatic heterocycles. The number of carbonyl (C=O) groups excluding carboxylic acids is 2. The molecule has 2 aromatic rings. The highest BCUT2D eigenvalue weighted by Gasteiger charge is 2.33. The summed E-state index contributed by atoms with van der Waals surface area (Å²) in [7, 11) is 0. The molecule has 8 nitrogen and oxygen atoms in total. The zero-order valence-corrected chi connectivity index (χ0v) is 19.3. The fraction of sp³-hybridized carbons (Fsp3) is 0.409. The number of hydrogen-bond donors (Lipinski definition) is 2. The Hall–Kier alpha value is -2.23. The van der Waals surface area contributed by atoms with Crippen molar-refractivity contribution >= 4 is 35.0 Å². The van der Waals surface area contributed by atoms with Gasteiger partial charge in [-0.2, -0.15) is 0 Å². The molecule has 0 unspecified atom stereocenters. The van der Waals surface area contributed by atoms with E-state index in [1.807, 2.05) is 6.07 Å². The summed E-state index contributed by atoms with van der Waals surface area (Å²) < 4.78 is 17.6. The number of halogens is 2. The topological polar surface area (TPSA) is 98.8 Å². The first-order chi connectivity index (χ1) is 15.2. The van der Waals surface area contributed by atoms with Crippen LogP contribution in [0.5, 0.6) is 0 Å². The number of benzene rings is 1. The number of aromatic nitrogens is 1. The molecule has 3 rings (SSSR count). The second-order valence-electron chi connectivity index (χ2n) is 7.59. The predicted octanol–water partition coefficient (Wildman–Crippen LogP) is 3.08. The van der Waals surface area contributed by atoms with Crippen LogP contribution in [-0.4, -0.2) is 61.1 Å². The van der Waals surface area contributed by atoms with Gasteiger partial charge in [-0.05, 0) is 32.0 Å². The molecule has 1 aliphatic rings. The molecular weight excluding hydrogens is 457 g/mol. The number of hydrogen-bond acceptors (Lipinski definition) is 6. The third-order valence-electron chi connectivity index (χ3n) is 4.74. The van der Waals surface area contributed by atoms with Gasteiger partial charge < -0.3 is 24.8 Å². The second-order valence-corrected chi connectivity index (χ2v) is 8.38. The Morgan fingerprint density at radius 3 is 2.47 bits per heavy atom. The molecule has 1 aromatic carbocycles. The molecule has 2 heterocycles. The molecule has 0 saturated carbocycles. The Morgan fingerprint density at radius 1 is 1.06 bits per heavy atom. The number of ether oxygens (including phenoxy) is 3. The monoisotopic (exact) mass is 481 g/mol. The fourth-order valence-electron chi connectivity index (χ4n) is 3.18. The van der Waals surface area contributed by atoms with Gasteiger partial charge in [-0.1, -0.05) is 41.4 Å². The Balaban J connectivity index is 1.68. The molecule has 1 fully saturated rings. The van der Waals surface area contributed by atoms with Gasteiger partial charge in [-0.3, -0.25) is 9.59 Å². The van der Waals surface area contributed by atoms with Crippen LogP contribution >= 0.6 is 23.2 Å². The molecule has 10 heteroatoms. The molecular formula is C22H25Cl2N3O5. The third kappa shape index (κ3) is 6.88. The highest BCUT2D eigenvalue weighted by Crippen LogP contribution is 2.21. The average Bonchev–Trinajstić information content (AvgIpc) is 2.75. The van der Waals surface area contributed by atoms with Crippen LogP contribution in [0.15, 0.2) is 42.6 Å². The van der Waals surface area contributed by atoms with E-state index in [1.165, 1.54) is 12.3 Å². The summed E-state index contributed by atoms with van der Waals surface area (Å²) in [4.78, 5) is 29.0. The van der Waals surface area contributed by atoms with E-state index in [2.05, 4.69) is 15.6 Å². The molecule has 172 valence electrons.